The second-order valence-corrected chi connectivity index (χ2v) is 5.15. The summed E-state index contributed by atoms with van der Waals surface area (Å²) in [5.74, 6) is 0.810. The van der Waals surface area contributed by atoms with Crippen molar-refractivity contribution in [3.8, 4) is 0 Å². The Morgan fingerprint density at radius 1 is 1.38 bits per heavy atom. The van der Waals surface area contributed by atoms with Gasteiger partial charge >= 0.3 is 0 Å². The Morgan fingerprint density at radius 3 is 2.69 bits per heavy atom. The van der Waals surface area contributed by atoms with E-state index in [2.05, 4.69) is 19.1 Å². The normalized spacial score (nSPS) is 10.0. The maximum absolute atomic E-state index is 10.7. The fourth-order valence-corrected chi connectivity index (χ4v) is 3.13. The van der Waals surface area contributed by atoms with Crippen LogP contribution in [0, 0.1) is 6.92 Å². The van der Waals surface area contributed by atoms with Gasteiger partial charge in [0.15, 0.2) is 0 Å². The lowest BCUT2D eigenvalue weighted by atomic mass is 10.2. The van der Waals surface area contributed by atoms with Crippen molar-refractivity contribution >= 4 is 27.4 Å². The first-order valence-electron chi connectivity index (χ1n) is 4.04. The number of benzene rings is 1. The first-order chi connectivity index (χ1) is 6.20. The van der Waals surface area contributed by atoms with Gasteiger partial charge in [-0.15, -0.1) is 0 Å². The van der Waals surface area contributed by atoms with Gasteiger partial charge in [0.25, 0.3) is 0 Å². The summed E-state index contributed by atoms with van der Waals surface area (Å²) in [6.07, 6.45) is 0. The van der Waals surface area contributed by atoms with Crippen molar-refractivity contribution in [1.29, 1.82) is 0 Å². The summed E-state index contributed by atoms with van der Waals surface area (Å²) >= 11 is 0. The molecule has 1 nitrogen and oxygen atoms in total. The standard InChI is InChI=1S/C10H12OS2/c1-8-5-3-4-6-10(8)13-12-7-9(2)11/h3-6H,7H2,1-2H3. The highest BCUT2D eigenvalue weighted by Gasteiger charge is 1.99. The zero-order valence-electron chi connectivity index (χ0n) is 7.74. The van der Waals surface area contributed by atoms with E-state index in [1.54, 1.807) is 28.5 Å². The lowest BCUT2D eigenvalue weighted by molar-refractivity contribution is -0.114. The van der Waals surface area contributed by atoms with E-state index in [9.17, 15) is 4.79 Å². The van der Waals surface area contributed by atoms with Crippen LogP contribution in [-0.4, -0.2) is 11.5 Å². The Bertz CT molecular complexity index is 297. The fraction of sp³-hybridized carbons (Fsp3) is 0.300. The van der Waals surface area contributed by atoms with Gasteiger partial charge in [0, 0.05) is 4.90 Å². The molecular weight excluding hydrogens is 200 g/mol. The van der Waals surface area contributed by atoms with E-state index in [0.29, 0.717) is 5.75 Å². The summed E-state index contributed by atoms with van der Waals surface area (Å²) in [7, 11) is 3.27. The molecule has 0 N–H and O–H groups in total. The van der Waals surface area contributed by atoms with E-state index in [4.69, 9.17) is 0 Å². The minimum absolute atomic E-state index is 0.228. The average Bonchev–Trinajstić information content (AvgIpc) is 2.08. The number of carbonyl (C=O) groups excluding carboxylic acids is 1. The maximum Gasteiger partial charge on any atom is 0.140 e. The highest BCUT2D eigenvalue weighted by atomic mass is 33.1. The molecule has 1 aromatic carbocycles. The minimum atomic E-state index is 0.228. The van der Waals surface area contributed by atoms with Crippen molar-refractivity contribution in [2.75, 3.05) is 5.75 Å². The largest absolute Gasteiger partial charge is 0.299 e. The molecule has 0 bridgehead atoms. The molecule has 1 rings (SSSR count). The summed E-state index contributed by atoms with van der Waals surface area (Å²) < 4.78 is 0. The Hall–Kier alpha value is -0.410. The summed E-state index contributed by atoms with van der Waals surface area (Å²) in [6.45, 7) is 3.70. The number of hydrogen-bond acceptors (Lipinski definition) is 3. The molecule has 0 aliphatic rings. The van der Waals surface area contributed by atoms with Crippen LogP contribution in [0.1, 0.15) is 12.5 Å². The lowest BCUT2D eigenvalue weighted by Crippen LogP contribution is -1.90. The van der Waals surface area contributed by atoms with Gasteiger partial charge in [-0.3, -0.25) is 4.79 Å². The second kappa shape index (κ2) is 5.35. The summed E-state index contributed by atoms with van der Waals surface area (Å²) in [6, 6.07) is 8.20. The molecule has 0 atom stereocenters. The number of hydrogen-bond donors (Lipinski definition) is 0. The molecule has 3 heteroatoms. The third-order valence-electron chi connectivity index (χ3n) is 1.50. The topological polar surface area (TPSA) is 17.1 Å². The molecule has 0 aromatic heterocycles. The fourth-order valence-electron chi connectivity index (χ4n) is 0.826. The van der Waals surface area contributed by atoms with Crippen LogP contribution in [0.2, 0.25) is 0 Å². The van der Waals surface area contributed by atoms with Crippen LogP contribution in [0.3, 0.4) is 0 Å². The van der Waals surface area contributed by atoms with E-state index in [1.807, 2.05) is 12.1 Å². The lowest BCUT2D eigenvalue weighted by Gasteiger charge is -2.02. The van der Waals surface area contributed by atoms with Crippen molar-refractivity contribution in [3.63, 3.8) is 0 Å². The highest BCUT2D eigenvalue weighted by Crippen LogP contribution is 2.32. The number of Topliss-reactive ketones (excluding diaryl/α,β-unsaturated/α-hetero) is 1. The molecule has 1 aromatic rings. The molecule has 70 valence electrons. The quantitative estimate of drug-likeness (QED) is 0.713. The van der Waals surface area contributed by atoms with E-state index in [1.165, 1.54) is 10.5 Å². The van der Waals surface area contributed by atoms with Gasteiger partial charge in [0.2, 0.25) is 0 Å². The van der Waals surface area contributed by atoms with Crippen molar-refractivity contribution in [1.82, 2.24) is 0 Å². The average molecular weight is 212 g/mol. The minimum Gasteiger partial charge on any atom is -0.299 e. The van der Waals surface area contributed by atoms with Gasteiger partial charge in [-0.1, -0.05) is 39.8 Å². The van der Waals surface area contributed by atoms with Crippen LogP contribution in [0.5, 0.6) is 0 Å². The van der Waals surface area contributed by atoms with Crippen molar-refractivity contribution in [3.05, 3.63) is 29.8 Å². The van der Waals surface area contributed by atoms with Crippen LogP contribution in [0.25, 0.3) is 0 Å². The van der Waals surface area contributed by atoms with Gasteiger partial charge in [0.1, 0.15) is 5.78 Å². The molecular formula is C10H12OS2. The van der Waals surface area contributed by atoms with Crippen LogP contribution in [-0.2, 0) is 4.79 Å². The van der Waals surface area contributed by atoms with E-state index < -0.39 is 0 Å². The first-order valence-corrected chi connectivity index (χ1v) is 6.36. The Labute approximate surface area is 86.7 Å². The maximum atomic E-state index is 10.7. The Morgan fingerprint density at radius 2 is 2.08 bits per heavy atom. The van der Waals surface area contributed by atoms with Crippen molar-refractivity contribution in [2.45, 2.75) is 18.7 Å². The molecule has 0 amide bonds. The third-order valence-corrected chi connectivity index (χ3v) is 4.03. The van der Waals surface area contributed by atoms with Crippen LogP contribution in [0.4, 0.5) is 0 Å². The van der Waals surface area contributed by atoms with Gasteiger partial charge in [-0.2, -0.15) is 0 Å². The molecule has 0 saturated heterocycles. The molecule has 0 aliphatic carbocycles. The Balaban J connectivity index is 2.45. The number of aryl methyl sites for hydroxylation is 1. The molecule has 0 spiro atoms. The molecule has 13 heavy (non-hydrogen) atoms. The predicted molar refractivity (Wildman–Crippen MR) is 60.2 cm³/mol. The van der Waals surface area contributed by atoms with Crippen LogP contribution >= 0.6 is 21.6 Å². The number of carbonyl (C=O) groups is 1. The molecule has 0 aliphatic heterocycles. The molecule has 0 unspecified atom stereocenters. The summed E-state index contributed by atoms with van der Waals surface area (Å²) in [5.41, 5.74) is 1.27. The summed E-state index contributed by atoms with van der Waals surface area (Å²) in [5, 5.41) is 0. The summed E-state index contributed by atoms with van der Waals surface area (Å²) in [4.78, 5) is 11.9. The van der Waals surface area contributed by atoms with Gasteiger partial charge in [-0.05, 0) is 25.5 Å². The predicted octanol–water partition coefficient (Wildman–Crippen LogP) is 3.32. The van der Waals surface area contributed by atoms with Crippen LogP contribution in [0.15, 0.2) is 29.2 Å². The molecule has 0 fully saturated rings. The smallest absolute Gasteiger partial charge is 0.140 e. The second-order valence-electron chi connectivity index (χ2n) is 2.81. The van der Waals surface area contributed by atoms with Crippen molar-refractivity contribution < 1.29 is 4.79 Å². The van der Waals surface area contributed by atoms with Crippen molar-refractivity contribution in [2.24, 2.45) is 0 Å². The molecule has 0 radical (unpaired) electrons. The number of rotatable bonds is 4. The van der Waals surface area contributed by atoms with E-state index >= 15 is 0 Å². The zero-order chi connectivity index (χ0) is 9.68. The zero-order valence-corrected chi connectivity index (χ0v) is 9.37. The number of ketones is 1. The monoisotopic (exact) mass is 212 g/mol. The highest BCUT2D eigenvalue weighted by molar-refractivity contribution is 8.76. The Kier molecular flexibility index (Phi) is 4.39. The third kappa shape index (κ3) is 3.87. The van der Waals surface area contributed by atoms with E-state index in [0.717, 1.165) is 0 Å². The van der Waals surface area contributed by atoms with Gasteiger partial charge in [0.05, 0.1) is 5.75 Å². The first kappa shape index (κ1) is 10.7. The molecule has 0 saturated carbocycles. The van der Waals surface area contributed by atoms with Gasteiger partial charge in [-0.25, -0.2) is 0 Å². The van der Waals surface area contributed by atoms with Crippen LogP contribution < -0.4 is 0 Å². The SMILES string of the molecule is CC(=O)CSSc1ccccc1C. The molecule has 0 heterocycles. The van der Waals surface area contributed by atoms with Gasteiger partial charge < -0.3 is 0 Å². The van der Waals surface area contributed by atoms with E-state index in [-0.39, 0.29) is 5.78 Å².